The Kier molecular flexibility index (Phi) is 3.96. The molecule has 0 amide bonds. The van der Waals surface area contributed by atoms with Gasteiger partial charge in [0.05, 0.1) is 0 Å². The van der Waals surface area contributed by atoms with Crippen LogP contribution < -0.4 is 20.1 Å². The van der Waals surface area contributed by atoms with Gasteiger partial charge in [-0.3, -0.25) is 0 Å². The molecule has 1 aromatic carbocycles. The van der Waals surface area contributed by atoms with Gasteiger partial charge in [0.1, 0.15) is 13.2 Å². The Hall–Kier alpha value is -1.49. The van der Waals surface area contributed by atoms with E-state index in [0.717, 1.165) is 23.1 Å². The van der Waals surface area contributed by atoms with Crippen LogP contribution in [0.4, 0.5) is 5.69 Å². The molecule has 0 bridgehead atoms. The Balaban J connectivity index is 1.58. The van der Waals surface area contributed by atoms with Gasteiger partial charge in [0.25, 0.3) is 0 Å². The number of anilines is 1. The normalized spacial score (nSPS) is 24.2. The highest BCUT2D eigenvalue weighted by Gasteiger charge is 2.21. The molecule has 1 aromatic rings. The van der Waals surface area contributed by atoms with E-state index in [1.54, 1.807) is 0 Å². The second-order valence-electron chi connectivity index (χ2n) is 5.57. The fourth-order valence-corrected chi connectivity index (χ4v) is 3.10. The predicted octanol–water partition coefficient (Wildman–Crippen LogP) is 2.93. The first-order valence-corrected chi connectivity index (χ1v) is 7.59. The lowest BCUT2D eigenvalue weighted by molar-refractivity contribution is 0.171. The van der Waals surface area contributed by atoms with Crippen molar-refractivity contribution in [1.82, 2.24) is 5.32 Å². The van der Waals surface area contributed by atoms with Gasteiger partial charge in [0.2, 0.25) is 0 Å². The molecule has 1 aliphatic carbocycles. The first-order chi connectivity index (χ1) is 9.70. The average Bonchev–Trinajstić information content (AvgIpc) is 2.83. The van der Waals surface area contributed by atoms with Crippen LogP contribution in [0.5, 0.6) is 11.5 Å². The molecule has 1 saturated carbocycles. The number of thiocarbonyl (C=S) groups is 1. The molecule has 4 nitrogen and oxygen atoms in total. The van der Waals surface area contributed by atoms with Gasteiger partial charge in [-0.05, 0) is 49.5 Å². The van der Waals surface area contributed by atoms with Gasteiger partial charge in [-0.2, -0.15) is 0 Å². The van der Waals surface area contributed by atoms with Crippen LogP contribution >= 0.6 is 12.2 Å². The van der Waals surface area contributed by atoms with Crippen LogP contribution in [-0.4, -0.2) is 24.4 Å². The van der Waals surface area contributed by atoms with Crippen molar-refractivity contribution in [3.8, 4) is 11.5 Å². The van der Waals surface area contributed by atoms with Crippen LogP contribution in [-0.2, 0) is 0 Å². The highest BCUT2D eigenvalue weighted by atomic mass is 32.1. The van der Waals surface area contributed by atoms with E-state index in [9.17, 15) is 0 Å². The molecule has 3 rings (SSSR count). The smallest absolute Gasteiger partial charge is 0.170 e. The molecule has 2 aliphatic rings. The Labute approximate surface area is 124 Å². The summed E-state index contributed by atoms with van der Waals surface area (Å²) in [4.78, 5) is 0. The maximum absolute atomic E-state index is 5.56. The minimum Gasteiger partial charge on any atom is -0.486 e. The van der Waals surface area contributed by atoms with Crippen molar-refractivity contribution in [2.75, 3.05) is 18.5 Å². The summed E-state index contributed by atoms with van der Waals surface area (Å²) < 4.78 is 11.1. The second-order valence-corrected chi connectivity index (χ2v) is 5.98. The van der Waals surface area contributed by atoms with Crippen LogP contribution in [0.3, 0.4) is 0 Å². The van der Waals surface area contributed by atoms with Gasteiger partial charge < -0.3 is 20.1 Å². The van der Waals surface area contributed by atoms with Crippen molar-refractivity contribution >= 4 is 23.0 Å². The fraction of sp³-hybridized carbons (Fsp3) is 0.533. The minimum atomic E-state index is 0.502. The first kappa shape index (κ1) is 13.5. The monoisotopic (exact) mass is 292 g/mol. The summed E-state index contributed by atoms with van der Waals surface area (Å²) in [5, 5.41) is 7.29. The van der Waals surface area contributed by atoms with E-state index < -0.39 is 0 Å². The molecule has 5 heteroatoms. The summed E-state index contributed by atoms with van der Waals surface area (Å²) in [5.74, 6) is 2.37. The standard InChI is InChI=1S/C15H20N2O2S/c1-10-2-3-11(8-10)16-15(20)17-12-4-5-13-14(9-12)19-7-6-18-13/h4-5,9-11H,2-3,6-8H2,1H3,(H2,16,17,20). The van der Waals surface area contributed by atoms with Crippen molar-refractivity contribution in [1.29, 1.82) is 0 Å². The summed E-state index contributed by atoms with van der Waals surface area (Å²) >= 11 is 5.37. The zero-order valence-electron chi connectivity index (χ0n) is 11.6. The lowest BCUT2D eigenvalue weighted by Gasteiger charge is -2.20. The molecule has 0 radical (unpaired) electrons. The molecule has 2 unspecified atom stereocenters. The van der Waals surface area contributed by atoms with E-state index in [0.29, 0.717) is 24.4 Å². The molecule has 20 heavy (non-hydrogen) atoms. The Morgan fingerprint density at radius 1 is 1.20 bits per heavy atom. The molecule has 2 N–H and O–H groups in total. The van der Waals surface area contributed by atoms with Crippen LogP contribution in [0.25, 0.3) is 0 Å². The van der Waals surface area contributed by atoms with Crippen molar-refractivity contribution in [3.05, 3.63) is 18.2 Å². The van der Waals surface area contributed by atoms with Crippen molar-refractivity contribution in [3.63, 3.8) is 0 Å². The number of benzene rings is 1. The van der Waals surface area contributed by atoms with Gasteiger partial charge in [0.15, 0.2) is 16.6 Å². The van der Waals surface area contributed by atoms with Gasteiger partial charge in [0, 0.05) is 17.8 Å². The Bertz CT molecular complexity index is 507. The molecule has 0 spiro atoms. The maximum atomic E-state index is 5.56. The highest BCUT2D eigenvalue weighted by molar-refractivity contribution is 7.80. The van der Waals surface area contributed by atoms with Crippen molar-refractivity contribution < 1.29 is 9.47 Å². The predicted molar refractivity (Wildman–Crippen MR) is 83.6 cm³/mol. The summed E-state index contributed by atoms with van der Waals surface area (Å²) in [6.07, 6.45) is 3.68. The molecule has 108 valence electrons. The lowest BCUT2D eigenvalue weighted by atomic mass is 10.1. The molecular formula is C15H20N2O2S. The lowest BCUT2D eigenvalue weighted by Crippen LogP contribution is -2.36. The third-order valence-corrected chi connectivity index (χ3v) is 4.05. The van der Waals surface area contributed by atoms with Gasteiger partial charge in [-0.25, -0.2) is 0 Å². The van der Waals surface area contributed by atoms with Crippen LogP contribution in [0.15, 0.2) is 18.2 Å². The fourth-order valence-electron chi connectivity index (χ4n) is 2.81. The third kappa shape index (κ3) is 3.15. The van der Waals surface area contributed by atoms with Gasteiger partial charge in [-0.1, -0.05) is 6.92 Å². The van der Waals surface area contributed by atoms with E-state index in [1.165, 1.54) is 19.3 Å². The van der Waals surface area contributed by atoms with Crippen molar-refractivity contribution in [2.24, 2.45) is 5.92 Å². The van der Waals surface area contributed by atoms with E-state index in [1.807, 2.05) is 18.2 Å². The quantitative estimate of drug-likeness (QED) is 0.820. The number of nitrogens with one attached hydrogen (secondary N) is 2. The average molecular weight is 292 g/mol. The molecule has 2 atom stereocenters. The zero-order valence-corrected chi connectivity index (χ0v) is 12.5. The van der Waals surface area contributed by atoms with Gasteiger partial charge in [-0.15, -0.1) is 0 Å². The summed E-state index contributed by atoms with van der Waals surface area (Å²) in [6.45, 7) is 3.50. The van der Waals surface area contributed by atoms with E-state index in [4.69, 9.17) is 21.7 Å². The SMILES string of the molecule is CC1CCC(NC(=S)Nc2ccc3c(c2)OCCO3)C1. The molecule has 1 heterocycles. The Morgan fingerprint density at radius 2 is 2.00 bits per heavy atom. The topological polar surface area (TPSA) is 42.5 Å². The second kappa shape index (κ2) is 5.87. The van der Waals surface area contributed by atoms with Crippen LogP contribution in [0.2, 0.25) is 0 Å². The van der Waals surface area contributed by atoms with Crippen LogP contribution in [0, 0.1) is 5.92 Å². The Morgan fingerprint density at radius 3 is 2.75 bits per heavy atom. The number of ether oxygens (including phenoxy) is 2. The first-order valence-electron chi connectivity index (χ1n) is 7.18. The highest BCUT2D eigenvalue weighted by Crippen LogP contribution is 2.32. The van der Waals surface area contributed by atoms with E-state index in [2.05, 4.69) is 17.6 Å². The number of hydrogen-bond acceptors (Lipinski definition) is 3. The van der Waals surface area contributed by atoms with Crippen molar-refractivity contribution in [2.45, 2.75) is 32.2 Å². The zero-order chi connectivity index (χ0) is 13.9. The minimum absolute atomic E-state index is 0.502. The van der Waals surface area contributed by atoms with Gasteiger partial charge >= 0.3 is 0 Å². The summed E-state index contributed by atoms with van der Waals surface area (Å²) in [5.41, 5.74) is 0.929. The van der Waals surface area contributed by atoms with E-state index >= 15 is 0 Å². The molecule has 0 saturated heterocycles. The van der Waals surface area contributed by atoms with E-state index in [-0.39, 0.29) is 0 Å². The number of fused-ring (bicyclic) bond motifs is 1. The molecule has 0 aromatic heterocycles. The van der Waals surface area contributed by atoms with Crippen LogP contribution in [0.1, 0.15) is 26.2 Å². The molecule has 1 aliphatic heterocycles. The number of hydrogen-bond donors (Lipinski definition) is 2. The third-order valence-electron chi connectivity index (χ3n) is 3.83. The molecular weight excluding hydrogens is 272 g/mol. The maximum Gasteiger partial charge on any atom is 0.170 e. The largest absolute Gasteiger partial charge is 0.486 e. The number of rotatable bonds is 2. The summed E-state index contributed by atoms with van der Waals surface area (Å²) in [7, 11) is 0. The summed E-state index contributed by atoms with van der Waals surface area (Å²) in [6, 6.07) is 6.30. The molecule has 1 fully saturated rings.